The van der Waals surface area contributed by atoms with Crippen molar-refractivity contribution in [3.05, 3.63) is 63.6 Å². The number of carbonyl (C=O) groups excluding carboxylic acids is 1. The van der Waals surface area contributed by atoms with Crippen LogP contribution in [-0.2, 0) is 11.2 Å². The largest absolute Gasteiger partial charge is 0.304 e. The van der Waals surface area contributed by atoms with Crippen molar-refractivity contribution in [3.8, 4) is 0 Å². The molecule has 2 aromatic carbocycles. The monoisotopic (exact) mass is 394 g/mol. The topological polar surface area (TPSA) is 41.5 Å². The number of halogens is 2. The van der Waals surface area contributed by atoms with Crippen LogP contribution < -0.4 is 5.32 Å². The normalized spacial score (nSPS) is 19.5. The van der Waals surface area contributed by atoms with Crippen LogP contribution in [0.1, 0.15) is 5.56 Å². The summed E-state index contributed by atoms with van der Waals surface area (Å²) in [5.74, 6) is -0.00388. The molecule has 1 unspecified atom stereocenters. The maximum absolute atomic E-state index is 12.1. The third-order valence-electron chi connectivity index (χ3n) is 3.17. The summed E-state index contributed by atoms with van der Waals surface area (Å²) >= 11 is 10.7. The lowest BCUT2D eigenvalue weighted by atomic mass is 10.1. The molecule has 0 aliphatic carbocycles. The molecule has 3 rings (SSSR count). The quantitative estimate of drug-likeness (QED) is 0.827. The molecule has 6 heteroatoms. The van der Waals surface area contributed by atoms with Crippen LogP contribution in [0.5, 0.6) is 0 Å². The Kier molecular flexibility index (Phi) is 4.86. The average Bonchev–Trinajstić information content (AvgIpc) is 2.84. The van der Waals surface area contributed by atoms with E-state index in [0.29, 0.717) is 16.6 Å². The van der Waals surface area contributed by atoms with Gasteiger partial charge in [0.2, 0.25) is 5.91 Å². The van der Waals surface area contributed by atoms with Crippen molar-refractivity contribution in [1.82, 2.24) is 5.32 Å². The molecule has 0 spiro atoms. The second-order valence-corrected chi connectivity index (χ2v) is 7.36. The van der Waals surface area contributed by atoms with Gasteiger partial charge >= 0.3 is 0 Å². The summed E-state index contributed by atoms with van der Waals surface area (Å²) in [5.41, 5.74) is 1.90. The maximum Gasteiger partial charge on any atom is 0.239 e. The molecule has 1 aliphatic rings. The number of amides is 1. The zero-order valence-electron chi connectivity index (χ0n) is 11.4. The van der Waals surface area contributed by atoms with E-state index in [9.17, 15) is 4.79 Å². The molecule has 1 heterocycles. The van der Waals surface area contributed by atoms with Crippen molar-refractivity contribution in [2.45, 2.75) is 11.7 Å². The molecule has 1 atom stereocenters. The highest BCUT2D eigenvalue weighted by molar-refractivity contribution is 9.10. The smallest absolute Gasteiger partial charge is 0.239 e. The van der Waals surface area contributed by atoms with Crippen LogP contribution in [0.15, 0.2) is 58.0 Å². The summed E-state index contributed by atoms with van der Waals surface area (Å²) in [7, 11) is 0. The van der Waals surface area contributed by atoms with Gasteiger partial charge in [-0.25, -0.2) is 4.99 Å². The first kappa shape index (κ1) is 15.6. The molecule has 0 saturated carbocycles. The van der Waals surface area contributed by atoms with Gasteiger partial charge in [-0.05, 0) is 48.4 Å². The minimum absolute atomic E-state index is 0.00388. The molecule has 2 aromatic rings. The van der Waals surface area contributed by atoms with E-state index in [1.54, 1.807) is 0 Å². The fourth-order valence-electron chi connectivity index (χ4n) is 2.06. The molecule has 22 heavy (non-hydrogen) atoms. The highest BCUT2D eigenvalue weighted by Crippen LogP contribution is 2.26. The maximum atomic E-state index is 12.1. The van der Waals surface area contributed by atoms with Crippen LogP contribution in [0.4, 0.5) is 5.69 Å². The number of nitrogens with one attached hydrogen (secondary N) is 1. The van der Waals surface area contributed by atoms with Gasteiger partial charge in [0.1, 0.15) is 0 Å². The van der Waals surface area contributed by atoms with E-state index in [0.717, 1.165) is 15.7 Å². The summed E-state index contributed by atoms with van der Waals surface area (Å²) in [4.78, 5) is 16.5. The first-order valence-electron chi connectivity index (χ1n) is 6.66. The minimum atomic E-state index is -0.157. The fraction of sp³-hybridized carbons (Fsp3) is 0.125. The lowest BCUT2D eigenvalue weighted by Gasteiger charge is -2.05. The molecule has 0 radical (unpaired) electrons. The Hall–Kier alpha value is -1.30. The average molecular weight is 396 g/mol. The van der Waals surface area contributed by atoms with E-state index in [4.69, 9.17) is 11.6 Å². The number of thioether (sulfide) groups is 1. The van der Waals surface area contributed by atoms with Gasteiger partial charge in [0, 0.05) is 9.50 Å². The van der Waals surface area contributed by atoms with Gasteiger partial charge in [-0.3, -0.25) is 4.79 Å². The van der Waals surface area contributed by atoms with E-state index in [-0.39, 0.29) is 11.2 Å². The van der Waals surface area contributed by atoms with Crippen LogP contribution in [0.2, 0.25) is 5.02 Å². The minimum Gasteiger partial charge on any atom is -0.304 e. The molecule has 3 nitrogen and oxygen atoms in total. The van der Waals surface area contributed by atoms with Crippen LogP contribution in [-0.4, -0.2) is 16.3 Å². The second-order valence-electron chi connectivity index (χ2n) is 4.82. The van der Waals surface area contributed by atoms with E-state index in [1.165, 1.54) is 11.8 Å². The van der Waals surface area contributed by atoms with E-state index in [1.807, 2.05) is 48.5 Å². The predicted octanol–water partition coefficient (Wildman–Crippen LogP) is 4.56. The zero-order valence-corrected chi connectivity index (χ0v) is 14.6. The van der Waals surface area contributed by atoms with Gasteiger partial charge in [-0.1, -0.05) is 51.4 Å². The third-order valence-corrected chi connectivity index (χ3v) is 5.03. The molecular weight excluding hydrogens is 384 g/mol. The second kappa shape index (κ2) is 6.86. The summed E-state index contributed by atoms with van der Waals surface area (Å²) in [6, 6.07) is 15.2. The van der Waals surface area contributed by atoms with Crippen molar-refractivity contribution in [3.63, 3.8) is 0 Å². The van der Waals surface area contributed by atoms with Crippen molar-refractivity contribution >= 4 is 56.1 Å². The molecule has 1 N–H and O–H groups in total. The number of hydrogen-bond donors (Lipinski definition) is 1. The number of hydrogen-bond acceptors (Lipinski definition) is 3. The van der Waals surface area contributed by atoms with Crippen molar-refractivity contribution in [2.75, 3.05) is 0 Å². The molecular formula is C16H12BrClN2OS. The van der Waals surface area contributed by atoms with Gasteiger partial charge in [0.15, 0.2) is 5.17 Å². The van der Waals surface area contributed by atoms with Gasteiger partial charge < -0.3 is 5.32 Å². The number of carbonyl (C=O) groups is 1. The van der Waals surface area contributed by atoms with Crippen LogP contribution in [0.3, 0.4) is 0 Å². The van der Waals surface area contributed by atoms with Crippen molar-refractivity contribution < 1.29 is 4.79 Å². The van der Waals surface area contributed by atoms with E-state index >= 15 is 0 Å². The lowest BCUT2D eigenvalue weighted by molar-refractivity contribution is -0.118. The summed E-state index contributed by atoms with van der Waals surface area (Å²) < 4.78 is 1.00. The number of benzene rings is 2. The standard InChI is InChI=1S/C16H12BrClN2OS/c17-11-3-7-13(8-4-11)19-16-20-15(21)14(22-16)9-10-1-5-12(18)6-2-10/h1-8,14H,9H2,(H,19,20,21). The lowest BCUT2D eigenvalue weighted by Crippen LogP contribution is -2.25. The molecule has 0 aromatic heterocycles. The Morgan fingerprint density at radius 2 is 1.82 bits per heavy atom. The fourth-order valence-corrected chi connectivity index (χ4v) is 3.48. The summed E-state index contributed by atoms with van der Waals surface area (Å²) in [5, 5.41) is 4.02. The highest BCUT2D eigenvalue weighted by Gasteiger charge is 2.30. The van der Waals surface area contributed by atoms with Crippen LogP contribution in [0, 0.1) is 0 Å². The molecule has 0 bridgehead atoms. The number of aliphatic imine (C=N–C) groups is 1. The SMILES string of the molecule is O=C1NC(=Nc2ccc(Br)cc2)SC1Cc1ccc(Cl)cc1. The molecule has 1 fully saturated rings. The molecule has 112 valence electrons. The molecule has 1 amide bonds. The third kappa shape index (κ3) is 3.91. The Morgan fingerprint density at radius 1 is 1.14 bits per heavy atom. The summed E-state index contributed by atoms with van der Waals surface area (Å²) in [6.45, 7) is 0. The Morgan fingerprint density at radius 3 is 2.50 bits per heavy atom. The molecule has 1 aliphatic heterocycles. The van der Waals surface area contributed by atoms with Gasteiger partial charge in [-0.15, -0.1) is 0 Å². The van der Waals surface area contributed by atoms with Gasteiger partial charge in [-0.2, -0.15) is 0 Å². The van der Waals surface area contributed by atoms with Gasteiger partial charge in [0.05, 0.1) is 10.9 Å². The number of nitrogens with zero attached hydrogens (tertiary/aromatic N) is 1. The number of rotatable bonds is 3. The Labute approximate surface area is 146 Å². The zero-order chi connectivity index (χ0) is 15.5. The van der Waals surface area contributed by atoms with Crippen LogP contribution >= 0.6 is 39.3 Å². The van der Waals surface area contributed by atoms with Crippen LogP contribution in [0.25, 0.3) is 0 Å². The van der Waals surface area contributed by atoms with Crippen molar-refractivity contribution in [2.24, 2.45) is 4.99 Å². The van der Waals surface area contributed by atoms with Gasteiger partial charge in [0.25, 0.3) is 0 Å². The number of amidine groups is 1. The highest BCUT2D eigenvalue weighted by atomic mass is 79.9. The van der Waals surface area contributed by atoms with E-state index < -0.39 is 0 Å². The molecule has 1 saturated heterocycles. The Balaban J connectivity index is 1.70. The van der Waals surface area contributed by atoms with Crippen molar-refractivity contribution in [1.29, 1.82) is 0 Å². The first-order chi connectivity index (χ1) is 10.6. The first-order valence-corrected chi connectivity index (χ1v) is 8.71. The summed E-state index contributed by atoms with van der Waals surface area (Å²) in [6.07, 6.45) is 0.660. The van der Waals surface area contributed by atoms with E-state index in [2.05, 4.69) is 26.2 Å². The Bertz CT molecular complexity index is 716. The predicted molar refractivity (Wildman–Crippen MR) is 95.9 cm³/mol.